The van der Waals surface area contributed by atoms with E-state index >= 15 is 0 Å². The van der Waals surface area contributed by atoms with Gasteiger partial charge in [-0.15, -0.1) is 0 Å². The van der Waals surface area contributed by atoms with Crippen LogP contribution < -0.4 is 20.1 Å². The molecule has 0 fully saturated rings. The maximum absolute atomic E-state index is 12.6. The topological polar surface area (TPSA) is 85.4 Å². The van der Waals surface area contributed by atoms with Gasteiger partial charge in [-0.2, -0.15) is 0 Å². The van der Waals surface area contributed by atoms with E-state index in [9.17, 15) is 4.79 Å². The highest BCUT2D eigenvalue weighted by Crippen LogP contribution is 2.34. The molecule has 3 aromatic carbocycles. The minimum absolute atomic E-state index is 0.195. The number of anilines is 3. The van der Waals surface area contributed by atoms with E-state index in [4.69, 9.17) is 9.47 Å². The van der Waals surface area contributed by atoms with E-state index in [0.29, 0.717) is 34.4 Å². The molecule has 1 aliphatic heterocycles. The van der Waals surface area contributed by atoms with Gasteiger partial charge in [0.25, 0.3) is 5.91 Å². The standard InChI is InChI=1S/C24H18N4O3/c29-24(27-19-10-11-20-21(14-19)31-15-30-20)17-6-8-18(9-7-17)26-22-12-13-25-23(28-22)16-4-2-1-3-5-16/h1-14H,15H2,(H,27,29)(H,25,26,28). The predicted octanol–water partition coefficient (Wildman–Crippen LogP) is 4.87. The fourth-order valence-corrected chi connectivity index (χ4v) is 3.19. The third-order valence-electron chi connectivity index (χ3n) is 4.74. The third kappa shape index (κ3) is 4.16. The molecule has 2 heterocycles. The number of fused-ring (bicyclic) bond motifs is 1. The Balaban J connectivity index is 1.26. The summed E-state index contributed by atoms with van der Waals surface area (Å²) in [5.74, 6) is 2.40. The Kier molecular flexibility index (Phi) is 4.90. The van der Waals surface area contributed by atoms with Gasteiger partial charge in [-0.3, -0.25) is 4.79 Å². The van der Waals surface area contributed by atoms with Crippen molar-refractivity contribution in [3.05, 3.63) is 90.6 Å². The van der Waals surface area contributed by atoms with Crippen LogP contribution in [0, 0.1) is 0 Å². The number of carbonyl (C=O) groups excluding carboxylic acids is 1. The van der Waals surface area contributed by atoms with E-state index in [1.807, 2.05) is 42.5 Å². The van der Waals surface area contributed by atoms with Crippen LogP contribution in [-0.4, -0.2) is 22.7 Å². The van der Waals surface area contributed by atoms with E-state index < -0.39 is 0 Å². The second-order valence-electron chi connectivity index (χ2n) is 6.86. The number of amides is 1. The molecule has 7 heteroatoms. The predicted molar refractivity (Wildman–Crippen MR) is 118 cm³/mol. The van der Waals surface area contributed by atoms with E-state index in [1.54, 1.807) is 42.6 Å². The quantitative estimate of drug-likeness (QED) is 0.488. The Morgan fingerprint density at radius 1 is 0.839 bits per heavy atom. The summed E-state index contributed by atoms with van der Waals surface area (Å²) in [6, 6.07) is 24.1. The molecule has 1 aliphatic rings. The van der Waals surface area contributed by atoms with Crippen molar-refractivity contribution in [3.63, 3.8) is 0 Å². The van der Waals surface area contributed by atoms with Crippen LogP contribution in [0.2, 0.25) is 0 Å². The smallest absolute Gasteiger partial charge is 0.255 e. The zero-order valence-electron chi connectivity index (χ0n) is 16.4. The first kappa shape index (κ1) is 18.6. The summed E-state index contributed by atoms with van der Waals surface area (Å²) in [6.45, 7) is 0.195. The fourth-order valence-electron chi connectivity index (χ4n) is 3.19. The number of ether oxygens (including phenoxy) is 2. The lowest BCUT2D eigenvalue weighted by molar-refractivity contribution is 0.102. The van der Waals surface area contributed by atoms with Crippen LogP contribution >= 0.6 is 0 Å². The summed E-state index contributed by atoms with van der Waals surface area (Å²) in [4.78, 5) is 21.4. The van der Waals surface area contributed by atoms with Crippen LogP contribution in [0.1, 0.15) is 10.4 Å². The molecule has 7 nitrogen and oxygen atoms in total. The number of rotatable bonds is 5. The van der Waals surface area contributed by atoms with Gasteiger partial charge >= 0.3 is 0 Å². The summed E-state index contributed by atoms with van der Waals surface area (Å²) >= 11 is 0. The highest BCUT2D eigenvalue weighted by atomic mass is 16.7. The molecule has 1 aromatic heterocycles. The highest BCUT2D eigenvalue weighted by molar-refractivity contribution is 6.04. The Hall–Kier alpha value is -4.39. The molecule has 0 saturated heterocycles. The van der Waals surface area contributed by atoms with E-state index in [1.165, 1.54) is 0 Å². The van der Waals surface area contributed by atoms with Crippen LogP contribution in [-0.2, 0) is 0 Å². The Bertz CT molecular complexity index is 1230. The Morgan fingerprint density at radius 2 is 1.61 bits per heavy atom. The summed E-state index contributed by atoms with van der Waals surface area (Å²) in [5.41, 5.74) is 2.95. The van der Waals surface area contributed by atoms with Crippen LogP contribution in [0.15, 0.2) is 85.1 Å². The molecule has 31 heavy (non-hydrogen) atoms. The van der Waals surface area contributed by atoms with Crippen molar-refractivity contribution in [2.45, 2.75) is 0 Å². The van der Waals surface area contributed by atoms with E-state index in [-0.39, 0.29) is 12.7 Å². The lowest BCUT2D eigenvalue weighted by Crippen LogP contribution is -2.11. The maximum Gasteiger partial charge on any atom is 0.255 e. The molecular weight excluding hydrogens is 392 g/mol. The molecule has 0 aliphatic carbocycles. The zero-order valence-corrected chi connectivity index (χ0v) is 16.4. The van der Waals surface area contributed by atoms with Gasteiger partial charge < -0.3 is 20.1 Å². The molecule has 0 unspecified atom stereocenters. The first-order valence-electron chi connectivity index (χ1n) is 9.71. The first-order chi connectivity index (χ1) is 15.2. The molecule has 152 valence electrons. The Labute approximate surface area is 178 Å². The van der Waals surface area contributed by atoms with Gasteiger partial charge in [0.2, 0.25) is 6.79 Å². The summed E-state index contributed by atoms with van der Waals surface area (Å²) < 4.78 is 10.6. The normalized spacial score (nSPS) is 11.7. The fraction of sp³-hybridized carbons (Fsp3) is 0.0417. The van der Waals surface area contributed by atoms with Gasteiger partial charge in [0, 0.05) is 34.8 Å². The lowest BCUT2D eigenvalue weighted by Gasteiger charge is -2.09. The number of carbonyl (C=O) groups is 1. The highest BCUT2D eigenvalue weighted by Gasteiger charge is 2.14. The molecule has 0 saturated carbocycles. The molecule has 0 spiro atoms. The van der Waals surface area contributed by atoms with Gasteiger partial charge in [-0.1, -0.05) is 30.3 Å². The van der Waals surface area contributed by atoms with Gasteiger partial charge in [0.05, 0.1) is 0 Å². The second kappa shape index (κ2) is 8.16. The average Bonchev–Trinajstić information content (AvgIpc) is 3.28. The molecule has 4 aromatic rings. The zero-order chi connectivity index (χ0) is 21.0. The number of hydrogen-bond donors (Lipinski definition) is 2. The number of hydrogen-bond acceptors (Lipinski definition) is 6. The van der Waals surface area contributed by atoms with Crippen LogP contribution in [0.25, 0.3) is 11.4 Å². The lowest BCUT2D eigenvalue weighted by atomic mass is 10.2. The number of nitrogens with one attached hydrogen (secondary N) is 2. The average molecular weight is 410 g/mol. The Morgan fingerprint density at radius 3 is 2.45 bits per heavy atom. The molecule has 0 bridgehead atoms. The van der Waals surface area contributed by atoms with Gasteiger partial charge in [0.1, 0.15) is 5.82 Å². The van der Waals surface area contributed by atoms with Gasteiger partial charge in [0.15, 0.2) is 17.3 Å². The monoisotopic (exact) mass is 410 g/mol. The molecule has 5 rings (SSSR count). The van der Waals surface area contributed by atoms with Gasteiger partial charge in [-0.25, -0.2) is 9.97 Å². The van der Waals surface area contributed by atoms with Crippen molar-refractivity contribution in [2.24, 2.45) is 0 Å². The summed E-state index contributed by atoms with van der Waals surface area (Å²) in [6.07, 6.45) is 1.71. The van der Waals surface area contributed by atoms with Crippen LogP contribution in [0.5, 0.6) is 11.5 Å². The first-order valence-corrected chi connectivity index (χ1v) is 9.71. The SMILES string of the molecule is O=C(Nc1ccc2c(c1)OCO2)c1ccc(Nc2ccnc(-c3ccccc3)n2)cc1. The van der Waals surface area contributed by atoms with Crippen LogP contribution in [0.4, 0.5) is 17.2 Å². The molecule has 2 N–H and O–H groups in total. The molecular formula is C24H18N4O3. The van der Waals surface area contributed by atoms with Crippen molar-refractivity contribution in [1.82, 2.24) is 9.97 Å². The van der Waals surface area contributed by atoms with E-state index in [2.05, 4.69) is 20.6 Å². The van der Waals surface area contributed by atoms with E-state index in [0.717, 1.165) is 11.3 Å². The minimum Gasteiger partial charge on any atom is -0.454 e. The summed E-state index contributed by atoms with van der Waals surface area (Å²) in [7, 11) is 0. The molecule has 0 atom stereocenters. The van der Waals surface area contributed by atoms with Crippen LogP contribution in [0.3, 0.4) is 0 Å². The second-order valence-corrected chi connectivity index (χ2v) is 6.86. The van der Waals surface area contributed by atoms with Crippen molar-refractivity contribution in [1.29, 1.82) is 0 Å². The number of benzene rings is 3. The van der Waals surface area contributed by atoms with Crippen molar-refractivity contribution >= 4 is 23.1 Å². The largest absolute Gasteiger partial charge is 0.454 e. The third-order valence-corrected chi connectivity index (χ3v) is 4.74. The molecule has 1 amide bonds. The molecule has 0 radical (unpaired) electrons. The van der Waals surface area contributed by atoms with Crippen molar-refractivity contribution in [3.8, 4) is 22.9 Å². The number of aromatic nitrogens is 2. The maximum atomic E-state index is 12.6. The van der Waals surface area contributed by atoms with Gasteiger partial charge in [-0.05, 0) is 42.5 Å². The van der Waals surface area contributed by atoms with Crippen molar-refractivity contribution in [2.75, 3.05) is 17.4 Å². The van der Waals surface area contributed by atoms with Crippen molar-refractivity contribution < 1.29 is 14.3 Å². The minimum atomic E-state index is -0.209. The number of nitrogens with zero attached hydrogens (tertiary/aromatic N) is 2. The summed E-state index contributed by atoms with van der Waals surface area (Å²) in [5, 5.41) is 6.11.